The molecular formula is C18H28N6O14P3S. The topological polar surface area (TPSA) is 304 Å². The largest absolute Gasteiger partial charge is 0.490 e. The Hall–Kier alpha value is -1.92. The van der Waals surface area contributed by atoms with Crippen LogP contribution in [0.1, 0.15) is 34.1 Å². The van der Waals surface area contributed by atoms with Crippen molar-refractivity contribution in [3.05, 3.63) is 38.8 Å². The van der Waals surface area contributed by atoms with E-state index < -0.39 is 68.8 Å². The van der Waals surface area contributed by atoms with E-state index in [0.29, 0.717) is 11.8 Å². The van der Waals surface area contributed by atoms with E-state index in [2.05, 4.69) is 28.5 Å². The Balaban J connectivity index is 2.30. The molecule has 1 aliphatic heterocycles. The van der Waals surface area contributed by atoms with Gasteiger partial charge in [-0.25, -0.2) is 13.7 Å². The summed E-state index contributed by atoms with van der Waals surface area (Å²) in [5, 5.41) is 30.6. The summed E-state index contributed by atoms with van der Waals surface area (Å²) in [6.45, 7) is 5.61. The number of phosphoric ester groups is 1. The summed E-state index contributed by atoms with van der Waals surface area (Å²) in [6.07, 6.45) is 0.210. The second kappa shape index (κ2) is 13.4. The average molecular weight is 677 g/mol. The van der Waals surface area contributed by atoms with E-state index in [-0.39, 0.29) is 23.5 Å². The van der Waals surface area contributed by atoms with Crippen LogP contribution in [0.3, 0.4) is 0 Å². The van der Waals surface area contributed by atoms with E-state index in [1.54, 1.807) is 27.7 Å². The molecule has 1 aromatic carbocycles. The number of nitrogens with zero attached hydrogens (tertiary/aromatic N) is 5. The molecule has 2 rings (SSSR count). The van der Waals surface area contributed by atoms with Crippen molar-refractivity contribution < 1.29 is 61.3 Å². The summed E-state index contributed by atoms with van der Waals surface area (Å²) in [5.74, 6) is -1.04. The van der Waals surface area contributed by atoms with Crippen molar-refractivity contribution >= 4 is 57.4 Å². The molecule has 4 atom stereocenters. The van der Waals surface area contributed by atoms with Crippen molar-refractivity contribution in [2.75, 3.05) is 17.7 Å². The highest BCUT2D eigenvalue weighted by molar-refractivity contribution is 8.13. The molecule has 0 amide bonds. The van der Waals surface area contributed by atoms with Crippen molar-refractivity contribution in [1.82, 2.24) is 5.06 Å². The number of benzene rings is 1. The average Bonchev–Trinajstić information content (AvgIpc) is 2.98. The molecule has 24 heteroatoms. The van der Waals surface area contributed by atoms with E-state index in [4.69, 9.17) is 15.3 Å². The number of hydrogen-bond acceptors (Lipinski definition) is 13. The number of rotatable bonds is 14. The first kappa shape index (κ1) is 36.3. The van der Waals surface area contributed by atoms with Gasteiger partial charge in [0.05, 0.1) is 29.0 Å². The zero-order valence-corrected chi connectivity index (χ0v) is 25.9. The van der Waals surface area contributed by atoms with Crippen molar-refractivity contribution in [2.24, 2.45) is 11.0 Å². The number of nitrogens with one attached hydrogen (secondary N) is 1. The number of anilines is 1. The van der Waals surface area contributed by atoms with Crippen molar-refractivity contribution in [2.45, 2.75) is 51.2 Å². The lowest BCUT2D eigenvalue weighted by Gasteiger charge is -2.33. The van der Waals surface area contributed by atoms with Crippen LogP contribution >= 0.6 is 35.2 Å². The normalized spacial score (nSPS) is 21.9. The number of hydroxylamine groups is 2. The fraction of sp³-hybridized carbons (Fsp3) is 0.611. The zero-order chi connectivity index (χ0) is 32.3. The molecule has 235 valence electrons. The lowest BCUT2D eigenvalue weighted by molar-refractivity contribution is -0.383. The summed E-state index contributed by atoms with van der Waals surface area (Å²) < 4.78 is 46.8. The first-order chi connectivity index (χ1) is 19.0. The Labute approximate surface area is 242 Å². The molecule has 0 saturated carbocycles. The molecule has 0 aliphatic carbocycles. The second-order valence-electron chi connectivity index (χ2n) is 10.0. The van der Waals surface area contributed by atoms with Gasteiger partial charge in [0.2, 0.25) is 0 Å². The van der Waals surface area contributed by atoms with Gasteiger partial charge >= 0.3 is 23.5 Å². The molecule has 1 aliphatic rings. The lowest BCUT2D eigenvalue weighted by Crippen LogP contribution is -2.47. The summed E-state index contributed by atoms with van der Waals surface area (Å²) in [7, 11) is -17.0. The van der Waals surface area contributed by atoms with Crippen LogP contribution in [0.5, 0.6) is 0 Å². The van der Waals surface area contributed by atoms with E-state index in [9.17, 15) is 43.6 Å². The van der Waals surface area contributed by atoms with Crippen LogP contribution in [-0.2, 0) is 36.8 Å². The third-order valence-corrected chi connectivity index (χ3v) is 10.8. The third kappa shape index (κ3) is 10.1. The summed E-state index contributed by atoms with van der Waals surface area (Å²) in [5.41, 5.74) is 5.74. The highest BCUT2D eigenvalue weighted by Gasteiger charge is 2.55. The molecular weight excluding hydrogens is 649 g/mol. The maximum absolute atomic E-state index is 13.1. The van der Waals surface area contributed by atoms with Crippen LogP contribution < -0.4 is 5.32 Å². The summed E-state index contributed by atoms with van der Waals surface area (Å²) in [4.78, 5) is 63.0. The highest BCUT2D eigenvalue weighted by Crippen LogP contribution is 2.66. The van der Waals surface area contributed by atoms with Gasteiger partial charge in [-0.15, -0.1) is 10.3 Å². The molecule has 4 unspecified atom stereocenters. The second-order valence-corrected chi connectivity index (χ2v) is 15.5. The quantitative estimate of drug-likeness (QED) is 0.0461. The van der Waals surface area contributed by atoms with Gasteiger partial charge in [-0.3, -0.25) is 19.4 Å². The van der Waals surface area contributed by atoms with Gasteiger partial charge < -0.3 is 24.9 Å². The van der Waals surface area contributed by atoms with Crippen LogP contribution in [0.25, 0.3) is 10.4 Å². The number of nitro benzene ring substituents is 1. The Kier molecular flexibility index (Phi) is 11.6. The van der Waals surface area contributed by atoms with Crippen LogP contribution in [0, 0.1) is 16.0 Å². The number of carbonyl (C=O) groups is 1. The van der Waals surface area contributed by atoms with Crippen LogP contribution in [0.15, 0.2) is 23.3 Å². The number of phosphoric acid groups is 3. The van der Waals surface area contributed by atoms with Gasteiger partial charge in [0, 0.05) is 28.0 Å². The standard InChI is InChI=1S/C18H28N6O14P3S/c1-17(2)8-13(18(3,4)24(17)28)16(25)42-10-12(9-36-40(32,33)38-41(34,35)37-39(29,30)31)20-14-6-5-11(21-22-19)7-15(14)23(26)27/h5-7,12-13,20H,8-10H2,1-4H3,(H,32,33)(H,34,35)(H2,29,30,31). The van der Waals surface area contributed by atoms with Crippen molar-refractivity contribution in [1.29, 1.82) is 0 Å². The van der Waals surface area contributed by atoms with E-state index in [0.717, 1.165) is 17.2 Å². The van der Waals surface area contributed by atoms with Crippen LogP contribution in [-0.4, -0.2) is 64.2 Å². The van der Waals surface area contributed by atoms with Gasteiger partial charge in [0.1, 0.15) is 5.69 Å². The zero-order valence-electron chi connectivity index (χ0n) is 22.4. The number of thioether (sulfide) groups is 1. The number of hydrogen-bond donors (Lipinski definition) is 5. The Morgan fingerprint density at radius 1 is 1.24 bits per heavy atom. The Bertz CT molecular complexity index is 1400. The van der Waals surface area contributed by atoms with Crippen LogP contribution in [0.2, 0.25) is 0 Å². The Morgan fingerprint density at radius 3 is 2.36 bits per heavy atom. The number of carbonyl (C=O) groups excluding carboxylic acids is 1. The first-order valence-corrected chi connectivity index (χ1v) is 17.0. The molecule has 1 fully saturated rings. The van der Waals surface area contributed by atoms with Gasteiger partial charge in [-0.05, 0) is 45.7 Å². The molecule has 0 bridgehead atoms. The minimum Gasteiger partial charge on any atom is -0.374 e. The summed E-state index contributed by atoms with van der Waals surface area (Å²) >= 11 is 0.676. The summed E-state index contributed by atoms with van der Waals surface area (Å²) in [6, 6.07) is 2.03. The molecule has 1 radical (unpaired) electrons. The molecule has 1 saturated heterocycles. The monoisotopic (exact) mass is 677 g/mol. The molecule has 1 heterocycles. The molecule has 0 spiro atoms. The predicted octanol–water partition coefficient (Wildman–Crippen LogP) is 4.14. The molecule has 20 nitrogen and oxygen atoms in total. The Morgan fingerprint density at radius 2 is 1.86 bits per heavy atom. The number of azide groups is 1. The van der Waals surface area contributed by atoms with Gasteiger partial charge in [0.25, 0.3) is 5.69 Å². The highest BCUT2D eigenvalue weighted by atomic mass is 32.2. The molecule has 42 heavy (non-hydrogen) atoms. The fourth-order valence-electron chi connectivity index (χ4n) is 4.15. The molecule has 0 aromatic heterocycles. The van der Waals surface area contributed by atoms with E-state index in [1.165, 1.54) is 6.07 Å². The first-order valence-electron chi connectivity index (χ1n) is 11.5. The van der Waals surface area contributed by atoms with E-state index in [1.807, 2.05) is 0 Å². The third-order valence-electron chi connectivity index (χ3n) is 5.89. The van der Waals surface area contributed by atoms with Gasteiger partial charge in [-0.2, -0.15) is 8.62 Å². The predicted molar refractivity (Wildman–Crippen MR) is 145 cm³/mol. The van der Waals surface area contributed by atoms with Gasteiger partial charge in [0.15, 0.2) is 5.12 Å². The minimum atomic E-state index is -5.82. The number of nitro groups is 1. The van der Waals surface area contributed by atoms with Crippen LogP contribution in [0.4, 0.5) is 17.1 Å². The SMILES string of the molecule is CC1(C)CC(C(=O)SCC(COP(=O)(O)OP(=O)(O)OP(=O)(O)O)Nc2ccc(N=[N+]=[N-])cc2[N+](=O)[O-])C(C)(C)N1[O]. The van der Waals surface area contributed by atoms with E-state index >= 15 is 0 Å². The van der Waals surface area contributed by atoms with Crippen molar-refractivity contribution in [3.8, 4) is 0 Å². The molecule has 1 aromatic rings. The minimum absolute atomic E-state index is 0.114. The van der Waals surface area contributed by atoms with Gasteiger partial charge in [-0.1, -0.05) is 22.9 Å². The smallest absolute Gasteiger partial charge is 0.374 e. The van der Waals surface area contributed by atoms with Crippen molar-refractivity contribution in [3.63, 3.8) is 0 Å². The lowest BCUT2D eigenvalue weighted by atomic mass is 9.88. The fourth-order valence-corrected chi connectivity index (χ4v) is 8.34. The maximum atomic E-state index is 13.1. The maximum Gasteiger partial charge on any atom is 0.490 e. The molecule has 5 N–H and O–H groups in total.